The van der Waals surface area contributed by atoms with Gasteiger partial charge in [-0.15, -0.1) is 0 Å². The van der Waals surface area contributed by atoms with Crippen molar-refractivity contribution in [1.82, 2.24) is 4.90 Å². The monoisotopic (exact) mass is 279 g/mol. The first-order chi connectivity index (χ1) is 9.50. The molecule has 0 aliphatic heterocycles. The van der Waals surface area contributed by atoms with Crippen LogP contribution in [0.5, 0.6) is 0 Å². The quantitative estimate of drug-likeness (QED) is 0.870. The SMILES string of the molecule is CC.CC(C)C(=O)N(CCC(=O)O)Cc1ccccc1. The molecule has 0 spiro atoms. The maximum atomic E-state index is 12.0. The van der Waals surface area contributed by atoms with E-state index in [2.05, 4.69) is 0 Å². The fourth-order valence-electron chi connectivity index (χ4n) is 1.67. The molecule has 4 nitrogen and oxygen atoms in total. The van der Waals surface area contributed by atoms with Crippen LogP contribution in [0.15, 0.2) is 30.3 Å². The number of nitrogens with zero attached hydrogens (tertiary/aromatic N) is 1. The summed E-state index contributed by atoms with van der Waals surface area (Å²) in [7, 11) is 0. The molecule has 4 heteroatoms. The minimum Gasteiger partial charge on any atom is -0.481 e. The number of carbonyl (C=O) groups excluding carboxylic acids is 1. The Labute approximate surface area is 121 Å². The highest BCUT2D eigenvalue weighted by Gasteiger charge is 2.18. The minimum atomic E-state index is -0.885. The fourth-order valence-corrected chi connectivity index (χ4v) is 1.67. The Hall–Kier alpha value is -1.84. The maximum absolute atomic E-state index is 12.0. The molecule has 0 unspecified atom stereocenters. The molecule has 0 heterocycles. The first-order valence-corrected chi connectivity index (χ1v) is 7.05. The molecule has 20 heavy (non-hydrogen) atoms. The van der Waals surface area contributed by atoms with Crippen molar-refractivity contribution < 1.29 is 14.7 Å². The Morgan fingerprint density at radius 2 is 1.70 bits per heavy atom. The van der Waals surface area contributed by atoms with Crippen molar-refractivity contribution in [3.8, 4) is 0 Å². The highest BCUT2D eigenvalue weighted by molar-refractivity contribution is 5.78. The molecule has 1 aromatic carbocycles. The summed E-state index contributed by atoms with van der Waals surface area (Å²) in [5.41, 5.74) is 1.01. The number of carboxylic acid groups (broad SMARTS) is 1. The molecule has 0 aliphatic carbocycles. The van der Waals surface area contributed by atoms with Crippen LogP contribution in [0.1, 0.15) is 39.7 Å². The molecule has 0 saturated carbocycles. The number of rotatable bonds is 6. The third-order valence-corrected chi connectivity index (χ3v) is 2.62. The van der Waals surface area contributed by atoms with Crippen LogP contribution in [0.4, 0.5) is 0 Å². The lowest BCUT2D eigenvalue weighted by molar-refractivity contribution is -0.139. The van der Waals surface area contributed by atoms with Gasteiger partial charge in [0.2, 0.25) is 5.91 Å². The Bertz CT molecular complexity index is 401. The first-order valence-electron chi connectivity index (χ1n) is 7.05. The molecule has 0 aliphatic rings. The number of aliphatic carboxylic acids is 1. The highest BCUT2D eigenvalue weighted by Crippen LogP contribution is 2.09. The van der Waals surface area contributed by atoms with Crippen molar-refractivity contribution >= 4 is 11.9 Å². The summed E-state index contributed by atoms with van der Waals surface area (Å²) < 4.78 is 0. The van der Waals surface area contributed by atoms with Crippen LogP contribution in [0.3, 0.4) is 0 Å². The van der Waals surface area contributed by atoms with Gasteiger partial charge in [0.25, 0.3) is 0 Å². The van der Waals surface area contributed by atoms with Crippen molar-refractivity contribution in [1.29, 1.82) is 0 Å². The van der Waals surface area contributed by atoms with Crippen LogP contribution in [0.2, 0.25) is 0 Å². The molecular formula is C16H25NO3. The molecule has 1 N–H and O–H groups in total. The van der Waals surface area contributed by atoms with Gasteiger partial charge in [-0.1, -0.05) is 58.0 Å². The van der Waals surface area contributed by atoms with Gasteiger partial charge in [0.1, 0.15) is 0 Å². The van der Waals surface area contributed by atoms with Gasteiger partial charge in [-0.3, -0.25) is 9.59 Å². The standard InChI is InChI=1S/C14H19NO3.C2H6/c1-11(2)14(18)15(9-8-13(16)17)10-12-6-4-3-5-7-12;1-2/h3-7,11H,8-10H2,1-2H3,(H,16,17);1-2H3. The van der Waals surface area contributed by atoms with Crippen LogP contribution in [-0.4, -0.2) is 28.4 Å². The topological polar surface area (TPSA) is 57.6 Å². The van der Waals surface area contributed by atoms with Gasteiger partial charge < -0.3 is 10.0 Å². The second kappa shape index (κ2) is 10.0. The Kier molecular flexibility index (Phi) is 9.09. The van der Waals surface area contributed by atoms with Crippen molar-refractivity contribution in [2.45, 2.75) is 40.7 Å². The molecule has 0 bridgehead atoms. The Morgan fingerprint density at radius 3 is 2.15 bits per heavy atom. The van der Waals surface area contributed by atoms with Crippen LogP contribution in [0.25, 0.3) is 0 Å². The molecule has 0 atom stereocenters. The van der Waals surface area contributed by atoms with E-state index in [9.17, 15) is 9.59 Å². The summed E-state index contributed by atoms with van der Waals surface area (Å²) in [6.07, 6.45) is -0.0225. The van der Waals surface area contributed by atoms with Crippen LogP contribution in [0, 0.1) is 5.92 Å². The molecule has 0 aromatic heterocycles. The van der Waals surface area contributed by atoms with E-state index < -0.39 is 5.97 Å². The van der Waals surface area contributed by atoms with Crippen molar-refractivity contribution in [3.05, 3.63) is 35.9 Å². The molecule has 1 amide bonds. The number of hydrogen-bond donors (Lipinski definition) is 1. The van der Waals surface area contributed by atoms with E-state index in [-0.39, 0.29) is 24.8 Å². The van der Waals surface area contributed by atoms with Crippen LogP contribution < -0.4 is 0 Å². The van der Waals surface area contributed by atoms with E-state index in [4.69, 9.17) is 5.11 Å². The number of carboxylic acids is 1. The number of hydrogen-bond acceptors (Lipinski definition) is 2. The second-order valence-electron chi connectivity index (χ2n) is 4.54. The Balaban J connectivity index is 0.00000172. The van der Waals surface area contributed by atoms with Crippen LogP contribution >= 0.6 is 0 Å². The fraction of sp³-hybridized carbons (Fsp3) is 0.500. The molecule has 1 aromatic rings. The summed E-state index contributed by atoms with van der Waals surface area (Å²) in [4.78, 5) is 24.2. The second-order valence-corrected chi connectivity index (χ2v) is 4.54. The van der Waals surface area contributed by atoms with Crippen molar-refractivity contribution in [2.75, 3.05) is 6.54 Å². The third kappa shape index (κ3) is 6.92. The Morgan fingerprint density at radius 1 is 1.15 bits per heavy atom. The zero-order valence-electron chi connectivity index (χ0n) is 12.8. The van der Waals surface area contributed by atoms with Gasteiger partial charge in [-0.25, -0.2) is 0 Å². The normalized spacial score (nSPS) is 9.65. The number of carbonyl (C=O) groups is 2. The maximum Gasteiger partial charge on any atom is 0.305 e. The molecule has 0 radical (unpaired) electrons. The summed E-state index contributed by atoms with van der Waals surface area (Å²) in [5.74, 6) is -1.02. The van der Waals surface area contributed by atoms with Gasteiger partial charge in [-0.2, -0.15) is 0 Å². The summed E-state index contributed by atoms with van der Waals surface area (Å²) in [5, 5.41) is 8.71. The molecule has 0 saturated heterocycles. The zero-order chi connectivity index (χ0) is 15.5. The van der Waals surface area contributed by atoms with Crippen molar-refractivity contribution in [2.24, 2.45) is 5.92 Å². The van der Waals surface area contributed by atoms with Gasteiger partial charge in [0, 0.05) is 19.0 Å². The summed E-state index contributed by atoms with van der Waals surface area (Å²) in [6, 6.07) is 9.59. The van der Waals surface area contributed by atoms with Crippen LogP contribution in [-0.2, 0) is 16.1 Å². The van der Waals surface area contributed by atoms with E-state index in [0.29, 0.717) is 6.54 Å². The molecular weight excluding hydrogens is 254 g/mol. The lowest BCUT2D eigenvalue weighted by Gasteiger charge is -2.24. The number of benzene rings is 1. The van der Waals surface area contributed by atoms with Crippen molar-refractivity contribution in [3.63, 3.8) is 0 Å². The van der Waals surface area contributed by atoms with Gasteiger partial charge >= 0.3 is 5.97 Å². The predicted octanol–water partition coefficient (Wildman–Crippen LogP) is 3.17. The first kappa shape index (κ1) is 18.2. The molecule has 112 valence electrons. The van der Waals surface area contributed by atoms with E-state index in [0.717, 1.165) is 5.56 Å². The molecule has 0 fully saturated rings. The smallest absolute Gasteiger partial charge is 0.305 e. The van der Waals surface area contributed by atoms with Gasteiger partial charge in [-0.05, 0) is 5.56 Å². The number of amides is 1. The van der Waals surface area contributed by atoms with E-state index in [1.54, 1.807) is 4.90 Å². The average Bonchev–Trinajstić information content (AvgIpc) is 2.45. The van der Waals surface area contributed by atoms with E-state index >= 15 is 0 Å². The minimum absolute atomic E-state index is 0.0138. The van der Waals surface area contributed by atoms with E-state index in [1.165, 1.54) is 0 Å². The highest BCUT2D eigenvalue weighted by atomic mass is 16.4. The summed E-state index contributed by atoms with van der Waals surface area (Å²) in [6.45, 7) is 8.36. The van der Waals surface area contributed by atoms with E-state index in [1.807, 2.05) is 58.0 Å². The lowest BCUT2D eigenvalue weighted by atomic mass is 10.1. The predicted molar refractivity (Wildman–Crippen MR) is 80.3 cm³/mol. The largest absolute Gasteiger partial charge is 0.481 e. The summed E-state index contributed by atoms with van der Waals surface area (Å²) >= 11 is 0. The lowest BCUT2D eigenvalue weighted by Crippen LogP contribution is -2.35. The average molecular weight is 279 g/mol. The van der Waals surface area contributed by atoms with Gasteiger partial charge in [0.15, 0.2) is 0 Å². The molecule has 1 rings (SSSR count). The third-order valence-electron chi connectivity index (χ3n) is 2.62. The van der Waals surface area contributed by atoms with Gasteiger partial charge in [0.05, 0.1) is 6.42 Å². The zero-order valence-corrected chi connectivity index (χ0v) is 12.8.